The highest BCUT2D eigenvalue weighted by Gasteiger charge is 2.21. The summed E-state index contributed by atoms with van der Waals surface area (Å²) in [5.74, 6) is -1.16. The Morgan fingerprint density at radius 1 is 1.12 bits per heavy atom. The Bertz CT molecular complexity index is 784. The molecule has 0 saturated carbocycles. The van der Waals surface area contributed by atoms with Crippen LogP contribution in [-0.4, -0.2) is 29.4 Å². The molecule has 2 rings (SSSR count). The van der Waals surface area contributed by atoms with Gasteiger partial charge < -0.3 is 9.47 Å². The van der Waals surface area contributed by atoms with Gasteiger partial charge in [-0.25, -0.2) is 4.79 Å². The van der Waals surface area contributed by atoms with Crippen LogP contribution in [0.4, 0.5) is 5.69 Å². The van der Waals surface area contributed by atoms with Crippen LogP contribution in [0.3, 0.4) is 0 Å². The second kappa shape index (κ2) is 8.05. The number of carbonyl (C=O) groups is 2. The Kier molecular flexibility index (Phi) is 5.84. The van der Waals surface area contributed by atoms with Crippen LogP contribution in [-0.2, 0) is 9.53 Å². The Hall–Kier alpha value is -3.22. The quantitative estimate of drug-likeness (QED) is 0.332. The third-order valence-electron chi connectivity index (χ3n) is 3.42. The Labute approximate surface area is 144 Å². The topological polar surface area (TPSA) is 95.7 Å². The third kappa shape index (κ3) is 4.87. The van der Waals surface area contributed by atoms with Crippen molar-refractivity contribution >= 4 is 17.4 Å². The highest BCUT2D eigenvalue weighted by atomic mass is 16.6. The number of benzene rings is 2. The van der Waals surface area contributed by atoms with Crippen LogP contribution in [0.15, 0.2) is 48.5 Å². The zero-order valence-electron chi connectivity index (χ0n) is 13.8. The van der Waals surface area contributed by atoms with E-state index in [4.69, 9.17) is 9.47 Å². The fourth-order valence-corrected chi connectivity index (χ4v) is 2.10. The predicted molar refractivity (Wildman–Crippen MR) is 89.7 cm³/mol. The van der Waals surface area contributed by atoms with E-state index < -0.39 is 23.6 Å². The summed E-state index contributed by atoms with van der Waals surface area (Å²) < 4.78 is 10.2. The largest absolute Gasteiger partial charge is 0.475 e. The summed E-state index contributed by atoms with van der Waals surface area (Å²) in [4.78, 5) is 34.3. The number of hydrogen-bond donors (Lipinski definition) is 0. The van der Waals surface area contributed by atoms with Gasteiger partial charge in [-0.15, -0.1) is 0 Å². The average Bonchev–Trinajstić information content (AvgIpc) is 2.60. The SMILES string of the molecule is Cc1ccc(C(=O)[C@H](C)OC(=O)COc2ccccc2[N+](=O)[O-])cc1. The molecule has 0 radical (unpaired) electrons. The van der Waals surface area contributed by atoms with Crippen LogP contribution < -0.4 is 4.74 Å². The number of para-hydroxylation sites is 2. The van der Waals surface area contributed by atoms with Crippen LogP contribution in [0.25, 0.3) is 0 Å². The van der Waals surface area contributed by atoms with Gasteiger partial charge in [0.15, 0.2) is 18.5 Å². The van der Waals surface area contributed by atoms with Gasteiger partial charge in [0.1, 0.15) is 0 Å². The van der Waals surface area contributed by atoms with Gasteiger partial charge in [-0.3, -0.25) is 14.9 Å². The maximum absolute atomic E-state index is 12.2. The fourth-order valence-electron chi connectivity index (χ4n) is 2.10. The van der Waals surface area contributed by atoms with Crippen molar-refractivity contribution in [3.05, 3.63) is 69.8 Å². The number of carbonyl (C=O) groups excluding carboxylic acids is 2. The Morgan fingerprint density at radius 2 is 1.76 bits per heavy atom. The minimum atomic E-state index is -0.982. The highest BCUT2D eigenvalue weighted by Crippen LogP contribution is 2.25. The lowest BCUT2D eigenvalue weighted by molar-refractivity contribution is -0.385. The number of esters is 1. The summed E-state index contributed by atoms with van der Waals surface area (Å²) in [7, 11) is 0. The van der Waals surface area contributed by atoms with E-state index >= 15 is 0 Å². The van der Waals surface area contributed by atoms with E-state index in [0.29, 0.717) is 5.56 Å². The van der Waals surface area contributed by atoms with E-state index in [9.17, 15) is 19.7 Å². The minimum absolute atomic E-state index is 0.0398. The molecule has 0 heterocycles. The van der Waals surface area contributed by atoms with Crippen molar-refractivity contribution in [3.63, 3.8) is 0 Å². The molecule has 0 bridgehead atoms. The van der Waals surface area contributed by atoms with Crippen molar-refractivity contribution in [1.82, 2.24) is 0 Å². The van der Waals surface area contributed by atoms with Crippen molar-refractivity contribution in [3.8, 4) is 5.75 Å². The molecular weight excluding hydrogens is 326 g/mol. The van der Waals surface area contributed by atoms with Gasteiger partial charge in [-0.05, 0) is 19.9 Å². The molecule has 0 N–H and O–H groups in total. The maximum atomic E-state index is 12.2. The molecule has 2 aromatic rings. The second-order valence-electron chi connectivity index (χ2n) is 5.38. The van der Waals surface area contributed by atoms with Gasteiger partial charge in [0.25, 0.3) is 0 Å². The molecule has 0 spiro atoms. The predicted octanol–water partition coefficient (Wildman–Crippen LogP) is 3.10. The van der Waals surface area contributed by atoms with E-state index in [1.54, 1.807) is 30.3 Å². The van der Waals surface area contributed by atoms with Crippen molar-refractivity contribution in [2.24, 2.45) is 0 Å². The normalized spacial score (nSPS) is 11.4. The molecule has 0 amide bonds. The molecule has 0 aliphatic carbocycles. The van der Waals surface area contributed by atoms with E-state index in [1.807, 2.05) is 6.92 Å². The number of Topliss-reactive ketones (excluding diaryl/α,β-unsaturated/α-hetero) is 1. The van der Waals surface area contributed by atoms with Crippen molar-refractivity contribution in [2.45, 2.75) is 20.0 Å². The number of nitrogens with zero attached hydrogens (tertiary/aromatic N) is 1. The summed E-state index contributed by atoms with van der Waals surface area (Å²) in [5, 5.41) is 10.9. The van der Waals surface area contributed by atoms with E-state index in [1.165, 1.54) is 25.1 Å². The van der Waals surface area contributed by atoms with Gasteiger partial charge in [0, 0.05) is 11.6 Å². The first-order chi connectivity index (χ1) is 11.9. The third-order valence-corrected chi connectivity index (χ3v) is 3.42. The lowest BCUT2D eigenvalue weighted by Crippen LogP contribution is -2.27. The molecule has 2 aromatic carbocycles. The summed E-state index contributed by atoms with van der Waals surface area (Å²) >= 11 is 0. The molecule has 0 fully saturated rings. The minimum Gasteiger partial charge on any atom is -0.475 e. The maximum Gasteiger partial charge on any atom is 0.344 e. The van der Waals surface area contributed by atoms with E-state index in [-0.39, 0.29) is 17.2 Å². The van der Waals surface area contributed by atoms with Crippen LogP contribution in [0.2, 0.25) is 0 Å². The molecule has 0 saturated heterocycles. The summed E-state index contributed by atoms with van der Waals surface area (Å²) in [6.45, 7) is 2.83. The molecule has 0 aromatic heterocycles. The fraction of sp³-hybridized carbons (Fsp3) is 0.222. The molecular formula is C18H17NO6. The zero-order chi connectivity index (χ0) is 18.4. The van der Waals surface area contributed by atoms with Gasteiger partial charge in [-0.1, -0.05) is 42.0 Å². The summed E-state index contributed by atoms with van der Waals surface area (Å²) in [6.07, 6.45) is -0.982. The van der Waals surface area contributed by atoms with Crippen molar-refractivity contribution in [2.75, 3.05) is 6.61 Å². The zero-order valence-corrected chi connectivity index (χ0v) is 13.8. The van der Waals surface area contributed by atoms with Crippen LogP contribution >= 0.6 is 0 Å². The van der Waals surface area contributed by atoms with Gasteiger partial charge in [0.2, 0.25) is 5.78 Å². The van der Waals surface area contributed by atoms with E-state index in [0.717, 1.165) is 5.56 Å². The molecule has 7 heteroatoms. The molecule has 0 aliphatic rings. The summed E-state index contributed by atoms with van der Waals surface area (Å²) in [5.41, 5.74) is 1.20. The van der Waals surface area contributed by atoms with Crippen LogP contribution in [0, 0.1) is 17.0 Å². The number of rotatable bonds is 7. The Balaban J connectivity index is 1.93. The molecule has 0 aliphatic heterocycles. The van der Waals surface area contributed by atoms with Gasteiger partial charge in [0.05, 0.1) is 4.92 Å². The van der Waals surface area contributed by atoms with Crippen molar-refractivity contribution in [1.29, 1.82) is 0 Å². The van der Waals surface area contributed by atoms with Gasteiger partial charge >= 0.3 is 11.7 Å². The first-order valence-electron chi connectivity index (χ1n) is 7.55. The monoisotopic (exact) mass is 343 g/mol. The van der Waals surface area contributed by atoms with Gasteiger partial charge in [-0.2, -0.15) is 0 Å². The summed E-state index contributed by atoms with van der Waals surface area (Å²) in [6, 6.07) is 12.6. The second-order valence-corrected chi connectivity index (χ2v) is 5.38. The molecule has 7 nitrogen and oxygen atoms in total. The standard InChI is InChI=1S/C18H17NO6/c1-12-7-9-14(10-8-12)18(21)13(2)25-17(20)11-24-16-6-4-3-5-15(16)19(22)23/h3-10,13H,11H2,1-2H3/t13-/m0/s1. The molecule has 0 unspecified atom stereocenters. The first kappa shape index (κ1) is 18.1. The molecule has 25 heavy (non-hydrogen) atoms. The lowest BCUT2D eigenvalue weighted by atomic mass is 10.1. The number of ketones is 1. The number of aryl methyl sites for hydroxylation is 1. The molecule has 1 atom stereocenters. The van der Waals surface area contributed by atoms with E-state index in [2.05, 4.69) is 0 Å². The van der Waals surface area contributed by atoms with Crippen LogP contribution in [0.5, 0.6) is 5.75 Å². The highest BCUT2D eigenvalue weighted by molar-refractivity contribution is 6.00. The number of hydrogen-bond acceptors (Lipinski definition) is 6. The van der Waals surface area contributed by atoms with Crippen LogP contribution in [0.1, 0.15) is 22.8 Å². The number of nitro groups is 1. The number of ether oxygens (including phenoxy) is 2. The first-order valence-corrected chi connectivity index (χ1v) is 7.55. The smallest absolute Gasteiger partial charge is 0.344 e. The molecule has 130 valence electrons. The van der Waals surface area contributed by atoms with Crippen molar-refractivity contribution < 1.29 is 24.0 Å². The number of nitro benzene ring substituents is 1. The average molecular weight is 343 g/mol. The lowest BCUT2D eigenvalue weighted by Gasteiger charge is -2.13. The Morgan fingerprint density at radius 3 is 2.40 bits per heavy atom.